The van der Waals surface area contributed by atoms with Gasteiger partial charge in [-0.05, 0) is 129 Å². The first-order chi connectivity index (χ1) is 35.4. The fourth-order valence-corrected chi connectivity index (χ4v) is 15.4. The molecule has 4 aromatic heterocycles. The van der Waals surface area contributed by atoms with Gasteiger partial charge in [-0.25, -0.2) is 0 Å². The minimum atomic E-state index is -0.150. The van der Waals surface area contributed by atoms with Crippen LogP contribution in [0.5, 0.6) is 0 Å². The number of hydrogen-bond acceptors (Lipinski definition) is 1. The summed E-state index contributed by atoms with van der Waals surface area (Å²) in [6.45, 7) is 38.7. The summed E-state index contributed by atoms with van der Waals surface area (Å²) in [5.41, 5.74) is 31.2. The lowest BCUT2D eigenvalue weighted by molar-refractivity contribution is 0.591. The van der Waals surface area contributed by atoms with Crippen molar-refractivity contribution >= 4 is 112 Å². The van der Waals surface area contributed by atoms with Crippen molar-refractivity contribution in [3.05, 3.63) is 143 Å². The van der Waals surface area contributed by atoms with Crippen molar-refractivity contribution in [2.75, 3.05) is 0 Å². The standard InChI is InChI=1S/C69H68B2N4/c1-17-36-18-20-39-41-22-26-45(66(5,6)7)52-58(41)73(49(39)34-36)62-51(37-30-32-72-33-31-37)63-57-64-56(62)70(52)54-47(68(11,12)13)28-24-43-44-25-29-48(69(14,15)16)55(61(44)75(64)60(43)54)71(57)53-46(67(8,9)10)27-23-42-40-21-19-38(65(2,3)4)35-50(40)74(63)59(42)53/h18-35H,17H2,1-16H3. The highest BCUT2D eigenvalue weighted by atomic mass is 15.1. The molecule has 0 aliphatic carbocycles. The molecule has 0 saturated heterocycles. The zero-order valence-electron chi connectivity index (χ0n) is 47.0. The van der Waals surface area contributed by atoms with Crippen molar-refractivity contribution in [1.82, 2.24) is 18.7 Å². The van der Waals surface area contributed by atoms with Gasteiger partial charge in [0.2, 0.25) is 0 Å². The second kappa shape index (κ2) is 14.0. The molecule has 4 aliphatic heterocycles. The van der Waals surface area contributed by atoms with E-state index in [0.29, 0.717) is 0 Å². The topological polar surface area (TPSA) is 27.7 Å². The number of rotatable bonds is 2. The Kier molecular flexibility index (Phi) is 8.50. The maximum atomic E-state index is 4.78. The first-order valence-corrected chi connectivity index (χ1v) is 27.9. The highest BCUT2D eigenvalue weighted by Crippen LogP contribution is 2.50. The third kappa shape index (κ3) is 5.54. The van der Waals surface area contributed by atoms with Crippen molar-refractivity contribution in [2.45, 2.75) is 144 Å². The van der Waals surface area contributed by atoms with Crippen LogP contribution in [0.25, 0.3) is 93.6 Å². The van der Waals surface area contributed by atoms with E-state index in [9.17, 15) is 0 Å². The maximum Gasteiger partial charge on any atom is 0.252 e. The highest BCUT2D eigenvalue weighted by molar-refractivity contribution is 7.05. The summed E-state index contributed by atoms with van der Waals surface area (Å²) in [6.07, 6.45) is 5.04. The van der Waals surface area contributed by atoms with Crippen molar-refractivity contribution < 1.29 is 0 Å². The predicted octanol–water partition coefficient (Wildman–Crippen LogP) is 13.4. The third-order valence-corrected chi connectivity index (χ3v) is 18.5. The fourth-order valence-electron chi connectivity index (χ4n) is 15.4. The summed E-state index contributed by atoms with van der Waals surface area (Å²) >= 11 is 0. The second-order valence-electron chi connectivity index (χ2n) is 28.2. The van der Waals surface area contributed by atoms with Gasteiger partial charge < -0.3 is 13.7 Å². The summed E-state index contributed by atoms with van der Waals surface area (Å²) in [7, 11) is 0. The smallest absolute Gasteiger partial charge is 0.252 e. The Morgan fingerprint density at radius 1 is 0.373 bits per heavy atom. The molecule has 0 bridgehead atoms. The summed E-state index contributed by atoms with van der Waals surface area (Å²) in [5, 5.41) is 8.03. The van der Waals surface area contributed by atoms with Crippen LogP contribution in [-0.2, 0) is 33.5 Å². The monoisotopic (exact) mass is 975 g/mol. The fraction of sp³-hybridized carbons (Fsp3) is 0.319. The Morgan fingerprint density at radius 3 is 1.15 bits per heavy atom. The summed E-state index contributed by atoms with van der Waals surface area (Å²) < 4.78 is 8.49. The average Bonchev–Trinajstić information content (AvgIpc) is 4.18. The zero-order chi connectivity index (χ0) is 52.3. The quantitative estimate of drug-likeness (QED) is 0.159. The van der Waals surface area contributed by atoms with E-state index in [2.05, 4.69) is 222 Å². The molecular weight excluding hydrogens is 906 g/mol. The van der Waals surface area contributed by atoms with Crippen molar-refractivity contribution in [3.63, 3.8) is 0 Å². The second-order valence-corrected chi connectivity index (χ2v) is 28.2. The Labute approximate surface area is 443 Å². The SMILES string of the molecule is CCc1ccc2c3ccc(C(C)(C)C)c4c3n(c2c1)-c1c2c3c5c(c1-c1ccncc1)-n1c6cc(C(C)(C)C)ccc6c6ccc(C(C)(C)C)c(c61)B5c1c(C(C)(C)C)ccc5c6ccc(C(C)(C)C)c(c6n-3c15)B24. The van der Waals surface area contributed by atoms with Crippen LogP contribution in [0.1, 0.15) is 144 Å². The van der Waals surface area contributed by atoms with Crippen molar-refractivity contribution in [1.29, 1.82) is 0 Å². The van der Waals surface area contributed by atoms with Crippen LogP contribution in [0.2, 0.25) is 0 Å². The lowest BCUT2D eigenvalue weighted by atomic mass is 9.27. The molecule has 4 aliphatic rings. The van der Waals surface area contributed by atoms with Crippen LogP contribution < -0.4 is 32.8 Å². The minimum absolute atomic E-state index is 0.0477. The Bertz CT molecular complexity index is 4440. The van der Waals surface area contributed by atoms with E-state index in [-0.39, 0.29) is 40.5 Å². The number of hydrogen-bond donors (Lipinski definition) is 0. The maximum absolute atomic E-state index is 4.78. The number of aryl methyl sites for hydroxylation is 1. The predicted molar refractivity (Wildman–Crippen MR) is 325 cm³/mol. The van der Waals surface area contributed by atoms with Gasteiger partial charge in [0.1, 0.15) is 0 Å². The molecule has 0 N–H and O–H groups in total. The molecule has 11 aromatic rings. The summed E-state index contributed by atoms with van der Waals surface area (Å²) in [4.78, 5) is 4.78. The summed E-state index contributed by atoms with van der Waals surface area (Å²) in [6, 6.07) is 39.5. The first-order valence-electron chi connectivity index (χ1n) is 27.9. The minimum Gasteiger partial charge on any atom is -0.311 e. The third-order valence-electron chi connectivity index (χ3n) is 18.5. The Morgan fingerprint density at radius 2 is 0.747 bits per heavy atom. The molecule has 0 atom stereocenters. The van der Waals surface area contributed by atoms with Crippen LogP contribution >= 0.6 is 0 Å². The van der Waals surface area contributed by atoms with Crippen LogP contribution in [-0.4, -0.2) is 32.1 Å². The Balaban J connectivity index is 1.34. The molecule has 370 valence electrons. The van der Waals surface area contributed by atoms with E-state index in [1.165, 1.54) is 160 Å². The van der Waals surface area contributed by atoms with E-state index in [4.69, 9.17) is 4.98 Å². The number of nitrogens with zero attached hydrogens (tertiary/aromatic N) is 4. The molecule has 15 rings (SSSR count). The molecule has 7 aromatic carbocycles. The lowest BCUT2D eigenvalue weighted by Gasteiger charge is -2.46. The van der Waals surface area contributed by atoms with Gasteiger partial charge >= 0.3 is 0 Å². The zero-order valence-corrected chi connectivity index (χ0v) is 47.0. The molecule has 0 fully saturated rings. The first kappa shape index (κ1) is 45.6. The molecule has 6 heteroatoms. The van der Waals surface area contributed by atoms with E-state index < -0.39 is 0 Å². The molecule has 0 radical (unpaired) electrons. The number of benzene rings is 7. The highest BCUT2D eigenvalue weighted by Gasteiger charge is 2.54. The van der Waals surface area contributed by atoms with Gasteiger partial charge in [0.15, 0.2) is 0 Å². The largest absolute Gasteiger partial charge is 0.311 e. The number of pyridine rings is 1. The van der Waals surface area contributed by atoms with Gasteiger partial charge in [0.25, 0.3) is 13.4 Å². The molecule has 0 saturated carbocycles. The molecule has 0 amide bonds. The lowest BCUT2D eigenvalue weighted by Crippen LogP contribution is -2.69. The van der Waals surface area contributed by atoms with E-state index in [1.54, 1.807) is 0 Å². The van der Waals surface area contributed by atoms with Gasteiger partial charge in [0, 0.05) is 78.0 Å². The van der Waals surface area contributed by atoms with Gasteiger partial charge in [-0.1, -0.05) is 184 Å². The molecule has 0 unspecified atom stereocenters. The van der Waals surface area contributed by atoms with Gasteiger partial charge in [-0.15, -0.1) is 0 Å². The van der Waals surface area contributed by atoms with Crippen molar-refractivity contribution in [3.8, 4) is 28.2 Å². The number of aromatic nitrogens is 4. The van der Waals surface area contributed by atoms with Crippen LogP contribution in [0.3, 0.4) is 0 Å². The van der Waals surface area contributed by atoms with Crippen LogP contribution in [0.4, 0.5) is 0 Å². The molecule has 8 heterocycles. The van der Waals surface area contributed by atoms with Crippen LogP contribution in [0.15, 0.2) is 109 Å². The van der Waals surface area contributed by atoms with E-state index >= 15 is 0 Å². The van der Waals surface area contributed by atoms with Gasteiger partial charge in [-0.2, -0.15) is 0 Å². The van der Waals surface area contributed by atoms with Gasteiger partial charge in [0.05, 0.1) is 22.4 Å². The van der Waals surface area contributed by atoms with Crippen molar-refractivity contribution in [2.24, 2.45) is 0 Å². The van der Waals surface area contributed by atoms with E-state index in [1.807, 2.05) is 12.4 Å². The summed E-state index contributed by atoms with van der Waals surface area (Å²) in [5.74, 6) is 0. The average molecular weight is 975 g/mol. The van der Waals surface area contributed by atoms with Crippen LogP contribution in [0, 0.1) is 0 Å². The number of fused-ring (bicyclic) bond motifs is 13. The molecule has 4 nitrogen and oxygen atoms in total. The normalized spacial score (nSPS) is 14.7. The van der Waals surface area contributed by atoms with Gasteiger partial charge in [-0.3, -0.25) is 4.98 Å². The Hall–Kier alpha value is -6.78. The molecule has 75 heavy (non-hydrogen) atoms. The molecule has 0 spiro atoms. The molecular formula is C69H68B2N4. The van der Waals surface area contributed by atoms with E-state index in [0.717, 1.165) is 6.42 Å².